The van der Waals surface area contributed by atoms with Gasteiger partial charge in [0.2, 0.25) is 0 Å². The maximum absolute atomic E-state index is 11.3. The third-order valence-corrected chi connectivity index (χ3v) is 4.25. The SMILES string of the molecule is CCC(CCCOC1CC(C)OC(C)C1)(NC)C(=O)O. The summed E-state index contributed by atoms with van der Waals surface area (Å²) in [5, 5.41) is 12.3. The zero-order chi connectivity index (χ0) is 15.2. The van der Waals surface area contributed by atoms with Gasteiger partial charge in [-0.2, -0.15) is 0 Å². The van der Waals surface area contributed by atoms with Crippen LogP contribution in [0.2, 0.25) is 0 Å². The molecular weight excluding hydrogens is 258 g/mol. The van der Waals surface area contributed by atoms with Crippen LogP contribution in [0, 0.1) is 0 Å². The van der Waals surface area contributed by atoms with Crippen molar-refractivity contribution in [2.24, 2.45) is 0 Å². The Labute approximate surface area is 122 Å². The molecule has 0 amide bonds. The van der Waals surface area contributed by atoms with E-state index < -0.39 is 11.5 Å². The summed E-state index contributed by atoms with van der Waals surface area (Å²) in [5.41, 5.74) is -0.820. The van der Waals surface area contributed by atoms with Crippen LogP contribution in [0.1, 0.15) is 52.9 Å². The molecule has 0 radical (unpaired) electrons. The Hall–Kier alpha value is -0.650. The molecule has 5 heteroatoms. The number of nitrogens with one attached hydrogen (secondary N) is 1. The molecule has 5 nitrogen and oxygen atoms in total. The topological polar surface area (TPSA) is 67.8 Å². The molecule has 1 aliphatic rings. The van der Waals surface area contributed by atoms with Crippen molar-refractivity contribution in [1.29, 1.82) is 0 Å². The first kappa shape index (κ1) is 17.4. The third-order valence-electron chi connectivity index (χ3n) is 4.25. The van der Waals surface area contributed by atoms with Gasteiger partial charge in [0.05, 0.1) is 18.3 Å². The highest BCUT2D eigenvalue weighted by atomic mass is 16.5. The summed E-state index contributed by atoms with van der Waals surface area (Å²) in [5.74, 6) is -0.782. The van der Waals surface area contributed by atoms with E-state index in [0.29, 0.717) is 19.4 Å². The van der Waals surface area contributed by atoms with E-state index in [1.54, 1.807) is 7.05 Å². The Morgan fingerprint density at radius 2 is 2.00 bits per heavy atom. The molecule has 3 unspecified atom stereocenters. The molecule has 0 bridgehead atoms. The summed E-state index contributed by atoms with van der Waals surface area (Å²) in [7, 11) is 1.71. The van der Waals surface area contributed by atoms with Gasteiger partial charge in [-0.15, -0.1) is 0 Å². The molecule has 1 heterocycles. The summed E-state index contributed by atoms with van der Waals surface area (Å²) in [6.45, 7) is 6.65. The van der Waals surface area contributed by atoms with Crippen LogP contribution in [0.15, 0.2) is 0 Å². The maximum atomic E-state index is 11.3. The summed E-state index contributed by atoms with van der Waals surface area (Å²) < 4.78 is 11.6. The van der Waals surface area contributed by atoms with Crippen molar-refractivity contribution >= 4 is 5.97 Å². The number of likely N-dealkylation sites (N-methyl/N-ethyl adjacent to an activating group) is 1. The minimum atomic E-state index is -0.820. The van der Waals surface area contributed by atoms with Crippen LogP contribution in [0.25, 0.3) is 0 Å². The monoisotopic (exact) mass is 287 g/mol. The van der Waals surface area contributed by atoms with Gasteiger partial charge >= 0.3 is 5.97 Å². The van der Waals surface area contributed by atoms with Crippen molar-refractivity contribution in [3.63, 3.8) is 0 Å². The van der Waals surface area contributed by atoms with E-state index in [0.717, 1.165) is 19.3 Å². The van der Waals surface area contributed by atoms with Crippen molar-refractivity contribution in [3.05, 3.63) is 0 Å². The van der Waals surface area contributed by atoms with E-state index in [1.807, 2.05) is 6.92 Å². The van der Waals surface area contributed by atoms with Gasteiger partial charge in [-0.1, -0.05) is 6.92 Å². The van der Waals surface area contributed by atoms with Gasteiger partial charge in [0.15, 0.2) is 0 Å². The molecule has 1 aliphatic heterocycles. The number of aliphatic carboxylic acids is 1. The second-order valence-corrected chi connectivity index (χ2v) is 5.82. The fraction of sp³-hybridized carbons (Fsp3) is 0.933. The average Bonchev–Trinajstić information content (AvgIpc) is 2.38. The van der Waals surface area contributed by atoms with Gasteiger partial charge in [-0.05, 0) is 53.0 Å². The highest BCUT2D eigenvalue weighted by Crippen LogP contribution is 2.23. The molecule has 0 spiro atoms. The van der Waals surface area contributed by atoms with Crippen LogP contribution in [-0.2, 0) is 14.3 Å². The van der Waals surface area contributed by atoms with E-state index in [9.17, 15) is 9.90 Å². The zero-order valence-corrected chi connectivity index (χ0v) is 13.1. The van der Waals surface area contributed by atoms with E-state index in [-0.39, 0.29) is 18.3 Å². The van der Waals surface area contributed by atoms with E-state index >= 15 is 0 Å². The molecule has 1 saturated heterocycles. The smallest absolute Gasteiger partial charge is 0.323 e. The lowest BCUT2D eigenvalue weighted by Gasteiger charge is -2.32. The van der Waals surface area contributed by atoms with Gasteiger partial charge in [0.25, 0.3) is 0 Å². The molecule has 0 saturated carbocycles. The van der Waals surface area contributed by atoms with Crippen molar-refractivity contribution in [1.82, 2.24) is 5.32 Å². The highest BCUT2D eigenvalue weighted by molar-refractivity contribution is 5.78. The third kappa shape index (κ3) is 4.72. The van der Waals surface area contributed by atoms with Gasteiger partial charge in [-0.25, -0.2) is 0 Å². The lowest BCUT2D eigenvalue weighted by atomic mass is 9.91. The average molecular weight is 287 g/mol. The van der Waals surface area contributed by atoms with Gasteiger partial charge in [-0.3, -0.25) is 4.79 Å². The van der Waals surface area contributed by atoms with Gasteiger partial charge in [0, 0.05) is 6.61 Å². The standard InChI is InChI=1S/C15H29NO4/c1-5-15(16-4,14(17)18)7-6-8-19-13-9-11(2)20-12(3)10-13/h11-13,16H,5-10H2,1-4H3,(H,17,18). The number of rotatable bonds is 8. The van der Waals surface area contributed by atoms with Crippen molar-refractivity contribution in [2.75, 3.05) is 13.7 Å². The Bertz CT molecular complexity index is 294. The minimum absolute atomic E-state index is 0.240. The summed E-state index contributed by atoms with van der Waals surface area (Å²) >= 11 is 0. The number of carboxylic acid groups (broad SMARTS) is 1. The lowest BCUT2D eigenvalue weighted by molar-refractivity contribution is -0.145. The van der Waals surface area contributed by atoms with E-state index in [4.69, 9.17) is 9.47 Å². The molecule has 1 rings (SSSR count). The van der Waals surface area contributed by atoms with Gasteiger partial charge in [0.1, 0.15) is 5.54 Å². The lowest BCUT2D eigenvalue weighted by Crippen LogP contribution is -2.50. The second kappa shape index (κ2) is 7.96. The minimum Gasteiger partial charge on any atom is -0.480 e. The number of carbonyl (C=O) groups is 1. The number of hydrogen-bond donors (Lipinski definition) is 2. The molecule has 0 aliphatic carbocycles. The van der Waals surface area contributed by atoms with Crippen LogP contribution in [0.5, 0.6) is 0 Å². The molecule has 1 fully saturated rings. The number of carboxylic acids is 1. The predicted molar refractivity (Wildman–Crippen MR) is 77.9 cm³/mol. The van der Waals surface area contributed by atoms with Crippen LogP contribution < -0.4 is 5.32 Å². The quantitative estimate of drug-likeness (QED) is 0.670. The molecule has 118 valence electrons. The van der Waals surface area contributed by atoms with Crippen LogP contribution in [-0.4, -0.2) is 48.6 Å². The summed E-state index contributed by atoms with van der Waals surface area (Å²) in [4.78, 5) is 11.3. The Kier molecular flexibility index (Phi) is 6.92. The Morgan fingerprint density at radius 3 is 2.45 bits per heavy atom. The van der Waals surface area contributed by atoms with Crippen molar-refractivity contribution < 1.29 is 19.4 Å². The zero-order valence-electron chi connectivity index (χ0n) is 13.1. The molecular formula is C15H29NO4. The summed E-state index contributed by atoms with van der Waals surface area (Å²) in [6.07, 6.45) is 4.49. The maximum Gasteiger partial charge on any atom is 0.323 e. The normalized spacial score (nSPS) is 29.9. The Balaban J connectivity index is 2.31. The number of hydrogen-bond acceptors (Lipinski definition) is 4. The van der Waals surface area contributed by atoms with Crippen LogP contribution >= 0.6 is 0 Å². The molecule has 2 N–H and O–H groups in total. The fourth-order valence-electron chi connectivity index (χ4n) is 2.95. The largest absolute Gasteiger partial charge is 0.480 e. The molecule has 20 heavy (non-hydrogen) atoms. The van der Waals surface area contributed by atoms with Crippen LogP contribution in [0.4, 0.5) is 0 Å². The fourth-order valence-corrected chi connectivity index (χ4v) is 2.95. The first-order valence-electron chi connectivity index (χ1n) is 7.63. The van der Waals surface area contributed by atoms with Crippen LogP contribution in [0.3, 0.4) is 0 Å². The van der Waals surface area contributed by atoms with E-state index in [1.165, 1.54) is 0 Å². The Morgan fingerprint density at radius 1 is 1.40 bits per heavy atom. The molecule has 0 aromatic heterocycles. The van der Waals surface area contributed by atoms with Crippen molar-refractivity contribution in [3.8, 4) is 0 Å². The molecule has 0 aromatic carbocycles. The molecule has 0 aromatic rings. The van der Waals surface area contributed by atoms with Gasteiger partial charge < -0.3 is 19.9 Å². The van der Waals surface area contributed by atoms with E-state index in [2.05, 4.69) is 19.2 Å². The molecule has 3 atom stereocenters. The first-order chi connectivity index (χ1) is 9.43. The van der Waals surface area contributed by atoms with Crippen molar-refractivity contribution in [2.45, 2.75) is 76.7 Å². The predicted octanol–water partition coefficient (Wildman–Crippen LogP) is 2.19. The summed E-state index contributed by atoms with van der Waals surface area (Å²) in [6, 6.07) is 0. The number of ether oxygens (including phenoxy) is 2. The second-order valence-electron chi connectivity index (χ2n) is 5.82. The highest BCUT2D eigenvalue weighted by Gasteiger charge is 2.34. The first-order valence-corrected chi connectivity index (χ1v) is 7.63.